The minimum absolute atomic E-state index is 0.241. The van der Waals surface area contributed by atoms with Crippen molar-refractivity contribution in [3.63, 3.8) is 0 Å². The number of aryl methyl sites for hydroxylation is 1. The number of anilines is 1. The Kier molecular flexibility index (Phi) is 3.88. The van der Waals surface area contributed by atoms with Crippen molar-refractivity contribution in [1.29, 1.82) is 0 Å². The van der Waals surface area contributed by atoms with Crippen LogP contribution in [0, 0.1) is 12.7 Å². The molecule has 3 aromatic rings. The Morgan fingerprint density at radius 2 is 2.10 bits per heavy atom. The Balaban J connectivity index is 1.89. The van der Waals surface area contributed by atoms with Crippen LogP contribution >= 0.6 is 15.9 Å². The van der Waals surface area contributed by atoms with Crippen molar-refractivity contribution in [3.8, 4) is 0 Å². The van der Waals surface area contributed by atoms with Crippen molar-refractivity contribution in [1.82, 2.24) is 4.98 Å². The summed E-state index contributed by atoms with van der Waals surface area (Å²) >= 11 is 3.22. The lowest BCUT2D eigenvalue weighted by Crippen LogP contribution is -2.02. The lowest BCUT2D eigenvalue weighted by molar-refractivity contribution is 0.620. The van der Waals surface area contributed by atoms with Crippen molar-refractivity contribution in [2.24, 2.45) is 0 Å². The molecule has 1 aromatic heterocycles. The molecule has 1 heterocycles. The van der Waals surface area contributed by atoms with Crippen LogP contribution in [0.25, 0.3) is 10.8 Å². The van der Waals surface area contributed by atoms with Crippen LogP contribution in [0.15, 0.2) is 53.3 Å². The highest BCUT2D eigenvalue weighted by Crippen LogP contribution is 2.25. The fourth-order valence-electron chi connectivity index (χ4n) is 2.37. The van der Waals surface area contributed by atoms with Gasteiger partial charge in [0.05, 0.1) is 4.47 Å². The second-order valence-electron chi connectivity index (χ2n) is 4.95. The maximum atomic E-state index is 13.4. The summed E-state index contributed by atoms with van der Waals surface area (Å²) in [6.45, 7) is 2.57. The van der Waals surface area contributed by atoms with Crippen LogP contribution in [0.2, 0.25) is 0 Å². The van der Waals surface area contributed by atoms with Gasteiger partial charge in [0.2, 0.25) is 0 Å². The van der Waals surface area contributed by atoms with E-state index in [4.69, 9.17) is 0 Å². The fourth-order valence-corrected chi connectivity index (χ4v) is 2.71. The molecular weight excluding hydrogens is 331 g/mol. The number of hydrogen-bond acceptors (Lipinski definition) is 2. The smallest absolute Gasteiger partial charge is 0.137 e. The first-order valence-electron chi connectivity index (χ1n) is 6.66. The highest BCUT2D eigenvalue weighted by atomic mass is 79.9. The van der Waals surface area contributed by atoms with E-state index in [1.807, 2.05) is 31.3 Å². The van der Waals surface area contributed by atoms with Gasteiger partial charge < -0.3 is 5.32 Å². The molecule has 0 unspecified atom stereocenters. The second-order valence-corrected chi connectivity index (χ2v) is 5.80. The number of rotatable bonds is 3. The van der Waals surface area contributed by atoms with E-state index in [0.29, 0.717) is 11.0 Å². The van der Waals surface area contributed by atoms with Gasteiger partial charge >= 0.3 is 0 Å². The summed E-state index contributed by atoms with van der Waals surface area (Å²) in [6, 6.07) is 11.5. The third kappa shape index (κ3) is 2.90. The average Bonchev–Trinajstić information content (AvgIpc) is 2.49. The molecule has 2 nitrogen and oxygen atoms in total. The van der Waals surface area contributed by atoms with E-state index >= 15 is 0 Å². The van der Waals surface area contributed by atoms with Crippen molar-refractivity contribution in [2.75, 3.05) is 5.32 Å². The van der Waals surface area contributed by atoms with Crippen LogP contribution in [-0.2, 0) is 6.54 Å². The highest BCUT2D eigenvalue weighted by molar-refractivity contribution is 9.10. The summed E-state index contributed by atoms with van der Waals surface area (Å²) in [6.07, 6.45) is 3.66. The molecule has 0 aliphatic rings. The molecule has 2 aromatic carbocycles. The Hall–Kier alpha value is -1.94. The maximum absolute atomic E-state index is 13.4. The molecule has 0 radical (unpaired) electrons. The van der Waals surface area contributed by atoms with Crippen molar-refractivity contribution < 1.29 is 4.39 Å². The lowest BCUT2D eigenvalue weighted by atomic mass is 10.1. The maximum Gasteiger partial charge on any atom is 0.137 e. The van der Waals surface area contributed by atoms with E-state index < -0.39 is 0 Å². The predicted octanol–water partition coefficient (Wildman–Crippen LogP) is 5.06. The van der Waals surface area contributed by atoms with Gasteiger partial charge in [0.15, 0.2) is 0 Å². The van der Waals surface area contributed by atoms with E-state index in [-0.39, 0.29) is 5.82 Å². The van der Waals surface area contributed by atoms with Crippen LogP contribution in [0.4, 0.5) is 10.1 Å². The number of fused-ring (bicyclic) bond motifs is 1. The van der Waals surface area contributed by atoms with Gasteiger partial charge in [0.1, 0.15) is 5.82 Å². The first-order chi connectivity index (χ1) is 10.1. The number of nitrogens with one attached hydrogen (secondary N) is 1. The Labute approximate surface area is 131 Å². The molecule has 106 valence electrons. The third-order valence-corrected chi connectivity index (χ3v) is 4.12. The normalized spacial score (nSPS) is 10.8. The first-order valence-corrected chi connectivity index (χ1v) is 7.45. The number of aromatic nitrogens is 1. The Bertz CT molecular complexity index is 797. The molecule has 0 spiro atoms. The van der Waals surface area contributed by atoms with Crippen molar-refractivity contribution in [3.05, 3.63) is 70.2 Å². The molecule has 0 amide bonds. The van der Waals surface area contributed by atoms with Crippen LogP contribution in [-0.4, -0.2) is 4.98 Å². The lowest BCUT2D eigenvalue weighted by Gasteiger charge is -2.12. The van der Waals surface area contributed by atoms with Gasteiger partial charge in [0.25, 0.3) is 0 Å². The third-order valence-electron chi connectivity index (χ3n) is 3.51. The van der Waals surface area contributed by atoms with Gasteiger partial charge in [-0.05, 0) is 57.6 Å². The molecular formula is C17H14BrFN2. The van der Waals surface area contributed by atoms with Crippen molar-refractivity contribution >= 4 is 32.4 Å². The first kappa shape index (κ1) is 14.0. The average molecular weight is 345 g/mol. The quantitative estimate of drug-likeness (QED) is 0.718. The van der Waals surface area contributed by atoms with Gasteiger partial charge in [-0.15, -0.1) is 0 Å². The molecule has 1 N–H and O–H groups in total. The second kappa shape index (κ2) is 5.82. The number of benzene rings is 2. The topological polar surface area (TPSA) is 24.9 Å². The molecule has 0 saturated heterocycles. The molecule has 21 heavy (non-hydrogen) atoms. The zero-order valence-corrected chi connectivity index (χ0v) is 13.1. The van der Waals surface area contributed by atoms with Gasteiger partial charge in [-0.25, -0.2) is 4.39 Å². The summed E-state index contributed by atoms with van der Waals surface area (Å²) in [5.41, 5.74) is 3.00. The standard InChI is InChI=1S/C17H14BrFN2/c1-11-7-16(19)15(18)8-17(11)21-10-13-4-2-3-12-9-20-6-5-14(12)13/h2-9,21H,10H2,1H3. The largest absolute Gasteiger partial charge is 0.381 e. The summed E-state index contributed by atoms with van der Waals surface area (Å²) in [5.74, 6) is -0.241. The minimum Gasteiger partial charge on any atom is -0.381 e. The SMILES string of the molecule is Cc1cc(F)c(Br)cc1NCc1cccc2cnccc12. The van der Waals surface area contributed by atoms with Crippen molar-refractivity contribution in [2.45, 2.75) is 13.5 Å². The Morgan fingerprint density at radius 3 is 2.95 bits per heavy atom. The van der Waals surface area contributed by atoms with Crippen LogP contribution in [0.1, 0.15) is 11.1 Å². The number of nitrogens with zero attached hydrogens (tertiary/aromatic N) is 1. The van der Waals surface area contributed by atoms with Gasteiger partial charge in [-0.3, -0.25) is 4.98 Å². The molecule has 0 bridgehead atoms. The summed E-state index contributed by atoms with van der Waals surface area (Å²) < 4.78 is 13.9. The van der Waals surface area contributed by atoms with Gasteiger partial charge in [0, 0.05) is 30.0 Å². The molecule has 0 aliphatic heterocycles. The number of pyridine rings is 1. The minimum atomic E-state index is -0.241. The number of halogens is 2. The zero-order valence-electron chi connectivity index (χ0n) is 11.5. The summed E-state index contributed by atoms with van der Waals surface area (Å²) in [5, 5.41) is 5.67. The molecule has 0 aliphatic carbocycles. The predicted molar refractivity (Wildman–Crippen MR) is 87.9 cm³/mol. The van der Waals surface area contributed by atoms with Crippen LogP contribution in [0.5, 0.6) is 0 Å². The van der Waals surface area contributed by atoms with E-state index in [1.165, 1.54) is 17.0 Å². The molecule has 4 heteroatoms. The van der Waals surface area contributed by atoms with E-state index in [0.717, 1.165) is 16.6 Å². The summed E-state index contributed by atoms with van der Waals surface area (Å²) in [4.78, 5) is 4.14. The molecule has 0 fully saturated rings. The highest BCUT2D eigenvalue weighted by Gasteiger charge is 2.06. The Morgan fingerprint density at radius 1 is 1.24 bits per heavy atom. The van der Waals surface area contributed by atoms with Gasteiger partial charge in [-0.2, -0.15) is 0 Å². The summed E-state index contributed by atoms with van der Waals surface area (Å²) in [7, 11) is 0. The molecule has 0 saturated carbocycles. The number of hydrogen-bond donors (Lipinski definition) is 1. The van der Waals surface area contributed by atoms with E-state index in [9.17, 15) is 4.39 Å². The zero-order chi connectivity index (χ0) is 14.8. The molecule has 3 rings (SSSR count). The molecule has 0 atom stereocenters. The van der Waals surface area contributed by atoms with E-state index in [1.54, 1.807) is 12.3 Å². The van der Waals surface area contributed by atoms with Crippen LogP contribution < -0.4 is 5.32 Å². The van der Waals surface area contributed by atoms with Crippen LogP contribution in [0.3, 0.4) is 0 Å². The van der Waals surface area contributed by atoms with E-state index in [2.05, 4.69) is 32.3 Å². The van der Waals surface area contributed by atoms with Gasteiger partial charge in [-0.1, -0.05) is 18.2 Å². The monoisotopic (exact) mass is 344 g/mol. The fraction of sp³-hybridized carbons (Fsp3) is 0.118.